The SMILES string of the molecule is C/N=C\C(=C(\OC(C)OC(=O)Cc1ccccc1)c1c(C)c(C)nn1C)c1ccc(C(C)(C)C)cc1. The van der Waals surface area contributed by atoms with Crippen LogP contribution in [0, 0.1) is 13.8 Å². The predicted molar refractivity (Wildman–Crippen MR) is 146 cm³/mol. The van der Waals surface area contributed by atoms with Crippen LogP contribution in [0.1, 0.15) is 61.3 Å². The fraction of sp³-hybridized carbons (Fsp3) is 0.367. The zero-order chi connectivity index (χ0) is 26.5. The van der Waals surface area contributed by atoms with Crippen LogP contribution in [-0.2, 0) is 33.2 Å². The summed E-state index contributed by atoms with van der Waals surface area (Å²) in [6.45, 7) is 12.3. The van der Waals surface area contributed by atoms with Crippen molar-refractivity contribution in [3.05, 3.63) is 88.2 Å². The van der Waals surface area contributed by atoms with Crippen LogP contribution in [0.25, 0.3) is 11.3 Å². The lowest BCUT2D eigenvalue weighted by molar-refractivity contribution is -0.163. The van der Waals surface area contributed by atoms with Crippen molar-refractivity contribution in [3.8, 4) is 0 Å². The van der Waals surface area contributed by atoms with Gasteiger partial charge in [-0.05, 0) is 36.0 Å². The van der Waals surface area contributed by atoms with Crippen LogP contribution in [0.4, 0.5) is 0 Å². The average molecular weight is 488 g/mol. The molecule has 1 atom stereocenters. The number of hydrogen-bond acceptors (Lipinski definition) is 5. The van der Waals surface area contributed by atoms with Crippen molar-refractivity contribution in [2.75, 3.05) is 7.05 Å². The van der Waals surface area contributed by atoms with Crippen LogP contribution in [0.15, 0.2) is 59.6 Å². The number of aromatic nitrogens is 2. The lowest BCUT2D eigenvalue weighted by Gasteiger charge is -2.22. The second-order valence-electron chi connectivity index (χ2n) is 9.98. The quantitative estimate of drug-likeness (QED) is 0.168. The number of esters is 1. The summed E-state index contributed by atoms with van der Waals surface area (Å²) in [6.07, 6.45) is 1.14. The Balaban J connectivity index is 2.02. The Kier molecular flexibility index (Phi) is 8.51. The maximum Gasteiger partial charge on any atom is 0.313 e. The summed E-state index contributed by atoms with van der Waals surface area (Å²) in [5.74, 6) is 0.205. The molecule has 3 aromatic rings. The third-order valence-electron chi connectivity index (χ3n) is 6.07. The molecule has 0 bridgehead atoms. The maximum atomic E-state index is 12.6. The Labute approximate surface area is 214 Å². The van der Waals surface area contributed by atoms with Gasteiger partial charge in [-0.2, -0.15) is 5.10 Å². The van der Waals surface area contributed by atoms with E-state index in [0.717, 1.165) is 33.7 Å². The van der Waals surface area contributed by atoms with Crippen molar-refractivity contribution in [1.82, 2.24) is 9.78 Å². The van der Waals surface area contributed by atoms with Crippen LogP contribution in [0.3, 0.4) is 0 Å². The van der Waals surface area contributed by atoms with Crippen molar-refractivity contribution in [3.63, 3.8) is 0 Å². The molecule has 3 rings (SSSR count). The first kappa shape index (κ1) is 26.9. The molecule has 0 aliphatic carbocycles. The third-order valence-corrected chi connectivity index (χ3v) is 6.07. The summed E-state index contributed by atoms with van der Waals surface area (Å²) < 4.78 is 13.8. The van der Waals surface area contributed by atoms with Gasteiger partial charge in [0.15, 0.2) is 5.76 Å². The first-order valence-corrected chi connectivity index (χ1v) is 12.2. The highest BCUT2D eigenvalue weighted by Gasteiger charge is 2.24. The minimum Gasteiger partial charge on any atom is -0.452 e. The number of carbonyl (C=O) groups is 1. The first-order chi connectivity index (χ1) is 17.0. The molecular weight excluding hydrogens is 450 g/mol. The highest BCUT2D eigenvalue weighted by molar-refractivity contribution is 6.18. The van der Waals surface area contributed by atoms with Gasteiger partial charge in [0.25, 0.3) is 0 Å². The summed E-state index contributed by atoms with van der Waals surface area (Å²) in [5, 5.41) is 4.59. The van der Waals surface area contributed by atoms with E-state index in [0.29, 0.717) is 5.76 Å². The Hall–Kier alpha value is -3.67. The number of ether oxygens (including phenoxy) is 2. The van der Waals surface area contributed by atoms with Crippen LogP contribution in [-0.4, -0.2) is 35.3 Å². The Bertz CT molecular complexity index is 1250. The van der Waals surface area contributed by atoms with Gasteiger partial charge in [-0.25, -0.2) is 0 Å². The molecule has 36 heavy (non-hydrogen) atoms. The molecule has 0 N–H and O–H groups in total. The van der Waals surface area contributed by atoms with Gasteiger partial charge in [-0.15, -0.1) is 0 Å². The largest absolute Gasteiger partial charge is 0.452 e. The number of allylic oxidation sites excluding steroid dienone is 1. The number of rotatable bonds is 8. The topological polar surface area (TPSA) is 65.7 Å². The predicted octanol–water partition coefficient (Wildman–Crippen LogP) is 6.05. The van der Waals surface area contributed by atoms with Crippen molar-refractivity contribution < 1.29 is 14.3 Å². The van der Waals surface area contributed by atoms with Crippen molar-refractivity contribution >= 4 is 23.5 Å². The van der Waals surface area contributed by atoms with Crippen molar-refractivity contribution in [2.24, 2.45) is 12.0 Å². The van der Waals surface area contributed by atoms with Crippen LogP contribution >= 0.6 is 0 Å². The normalized spacial score (nSPS) is 13.4. The number of aryl methyl sites for hydroxylation is 2. The maximum absolute atomic E-state index is 12.6. The molecular formula is C30H37N3O3. The molecule has 0 saturated carbocycles. The van der Waals surface area contributed by atoms with E-state index in [1.165, 1.54) is 5.56 Å². The van der Waals surface area contributed by atoms with Gasteiger partial charge >= 0.3 is 5.97 Å². The molecule has 0 fully saturated rings. The van der Waals surface area contributed by atoms with E-state index in [-0.39, 0.29) is 17.8 Å². The van der Waals surface area contributed by atoms with E-state index in [1.807, 2.05) is 51.2 Å². The zero-order valence-corrected chi connectivity index (χ0v) is 22.6. The van der Waals surface area contributed by atoms with Gasteiger partial charge in [0, 0.05) is 38.4 Å². The van der Waals surface area contributed by atoms with Crippen molar-refractivity contribution in [1.29, 1.82) is 0 Å². The van der Waals surface area contributed by atoms with Gasteiger partial charge < -0.3 is 9.47 Å². The summed E-state index contributed by atoms with van der Waals surface area (Å²) in [7, 11) is 3.61. The van der Waals surface area contributed by atoms with E-state index in [1.54, 1.807) is 24.9 Å². The minimum atomic E-state index is -0.820. The highest BCUT2D eigenvalue weighted by Crippen LogP contribution is 2.32. The summed E-state index contributed by atoms with van der Waals surface area (Å²) in [4.78, 5) is 16.9. The number of carbonyl (C=O) groups excluding carboxylic acids is 1. The van der Waals surface area contributed by atoms with Gasteiger partial charge in [-0.3, -0.25) is 14.5 Å². The Morgan fingerprint density at radius 3 is 2.22 bits per heavy atom. The monoisotopic (exact) mass is 487 g/mol. The standard InChI is InChI=1S/C30H37N3O3/c1-20-21(2)32-33(8)28(20)29(36-22(3)35-27(34)18-23-12-10-9-11-13-23)26(19-31-7)24-14-16-25(17-15-24)30(4,5)6/h9-17,19,22H,18H2,1-8H3/b29-26-,31-19-. The lowest BCUT2D eigenvalue weighted by atomic mass is 9.86. The lowest BCUT2D eigenvalue weighted by Crippen LogP contribution is -2.20. The first-order valence-electron chi connectivity index (χ1n) is 12.2. The van der Waals surface area contributed by atoms with Crippen molar-refractivity contribution in [2.45, 2.75) is 59.7 Å². The number of benzene rings is 2. The molecule has 0 spiro atoms. The molecule has 0 radical (unpaired) electrons. The van der Waals surface area contributed by atoms with Gasteiger partial charge in [0.05, 0.1) is 12.1 Å². The van der Waals surface area contributed by atoms with E-state index in [4.69, 9.17) is 9.47 Å². The number of nitrogens with zero attached hydrogens (tertiary/aromatic N) is 3. The van der Waals surface area contributed by atoms with Gasteiger partial charge in [-0.1, -0.05) is 75.4 Å². The summed E-state index contributed by atoms with van der Waals surface area (Å²) >= 11 is 0. The second kappa shape index (κ2) is 11.4. The molecule has 6 nitrogen and oxygen atoms in total. The Morgan fingerprint density at radius 1 is 1.06 bits per heavy atom. The molecule has 2 aromatic carbocycles. The molecule has 1 heterocycles. The fourth-order valence-corrected chi connectivity index (χ4v) is 4.05. The zero-order valence-electron chi connectivity index (χ0n) is 22.6. The van der Waals surface area contributed by atoms with E-state index >= 15 is 0 Å². The summed E-state index contributed by atoms with van der Waals surface area (Å²) in [6, 6.07) is 17.9. The Morgan fingerprint density at radius 2 is 1.69 bits per heavy atom. The minimum absolute atomic E-state index is 0.0395. The van der Waals surface area contributed by atoms with Crippen LogP contribution in [0.5, 0.6) is 0 Å². The molecule has 6 heteroatoms. The fourth-order valence-electron chi connectivity index (χ4n) is 4.05. The van der Waals surface area contributed by atoms with E-state index < -0.39 is 6.29 Å². The molecule has 0 amide bonds. The number of hydrogen-bond donors (Lipinski definition) is 0. The van der Waals surface area contributed by atoms with E-state index in [2.05, 4.69) is 55.1 Å². The summed E-state index contributed by atoms with van der Waals surface area (Å²) in [5.41, 5.74) is 6.60. The van der Waals surface area contributed by atoms with Crippen LogP contribution < -0.4 is 0 Å². The second-order valence-corrected chi connectivity index (χ2v) is 9.98. The average Bonchev–Trinajstić information content (AvgIpc) is 3.07. The smallest absolute Gasteiger partial charge is 0.313 e. The molecule has 0 aliphatic heterocycles. The van der Waals surface area contributed by atoms with Gasteiger partial charge in [0.2, 0.25) is 6.29 Å². The molecule has 1 aromatic heterocycles. The van der Waals surface area contributed by atoms with Gasteiger partial charge in [0.1, 0.15) is 5.69 Å². The number of aliphatic imine (C=N–C) groups is 1. The van der Waals surface area contributed by atoms with Crippen LogP contribution in [0.2, 0.25) is 0 Å². The third kappa shape index (κ3) is 6.51. The highest BCUT2D eigenvalue weighted by atomic mass is 16.7. The molecule has 0 aliphatic rings. The van der Waals surface area contributed by atoms with E-state index in [9.17, 15) is 4.79 Å². The molecule has 1 unspecified atom stereocenters. The molecule has 190 valence electrons. The molecule has 0 saturated heterocycles.